The summed E-state index contributed by atoms with van der Waals surface area (Å²) in [4.78, 5) is 2.40. The Kier molecular flexibility index (Phi) is 9.09. The van der Waals surface area contributed by atoms with Crippen LogP contribution < -0.4 is 4.90 Å². The van der Waals surface area contributed by atoms with E-state index >= 15 is 0 Å². The van der Waals surface area contributed by atoms with Gasteiger partial charge in [-0.3, -0.25) is 0 Å². The maximum atomic E-state index is 2.50. The van der Waals surface area contributed by atoms with Gasteiger partial charge in [0.05, 0.1) is 0 Å². The van der Waals surface area contributed by atoms with Gasteiger partial charge in [-0.05, 0) is 145 Å². The number of rotatable bonds is 8. The van der Waals surface area contributed by atoms with Crippen LogP contribution in [0.4, 0.5) is 17.1 Å². The van der Waals surface area contributed by atoms with Gasteiger partial charge in [-0.2, -0.15) is 0 Å². The standard InChI is InChI=1S/C59H45N/c1-5-15-45(16-6-1)55-39-48-31-30-47(38-49(48)40-56(55)46-17-7-2-8-18-46)44-28-25-42(26-29-44)23-24-43-27-33-53-54-34-32-52(41-58(54)59(57(53)37-43)35-13-14-36-59)60(50-19-9-3-10-20-50)51-21-11-4-12-22-51/h1-12,15-34,37-41H,13-14,35-36H2/b24-23+. The molecule has 1 nitrogen and oxygen atoms in total. The summed E-state index contributed by atoms with van der Waals surface area (Å²) in [5, 5.41) is 2.49. The van der Waals surface area contributed by atoms with Gasteiger partial charge < -0.3 is 4.90 Å². The number of benzene rings is 9. The van der Waals surface area contributed by atoms with E-state index in [-0.39, 0.29) is 5.41 Å². The van der Waals surface area contributed by atoms with Crippen LogP contribution in [-0.2, 0) is 5.41 Å². The zero-order chi connectivity index (χ0) is 39.9. The van der Waals surface area contributed by atoms with Crippen molar-refractivity contribution < 1.29 is 0 Å². The predicted molar refractivity (Wildman–Crippen MR) is 255 cm³/mol. The second kappa shape index (κ2) is 15.2. The summed E-state index contributed by atoms with van der Waals surface area (Å²) in [6.45, 7) is 0. The summed E-state index contributed by atoms with van der Waals surface area (Å²) in [5.41, 5.74) is 19.3. The van der Waals surface area contributed by atoms with Crippen LogP contribution in [0, 0.1) is 0 Å². The fraction of sp³-hybridized carbons (Fsp3) is 0.0847. The molecule has 0 bridgehead atoms. The quantitative estimate of drug-likeness (QED) is 0.139. The van der Waals surface area contributed by atoms with Gasteiger partial charge in [0.15, 0.2) is 0 Å². The molecule has 1 heteroatoms. The Labute approximate surface area is 353 Å². The van der Waals surface area contributed by atoms with Crippen LogP contribution in [0.2, 0.25) is 0 Å². The third-order valence-electron chi connectivity index (χ3n) is 13.0. The fourth-order valence-electron chi connectivity index (χ4n) is 10.0. The minimum atomic E-state index is 0.0516. The first kappa shape index (κ1) is 35.9. The van der Waals surface area contributed by atoms with Crippen LogP contribution in [0.15, 0.2) is 212 Å². The largest absolute Gasteiger partial charge is 0.310 e. The van der Waals surface area contributed by atoms with E-state index in [2.05, 4.69) is 229 Å². The molecule has 2 aliphatic carbocycles. The number of fused-ring (bicyclic) bond motifs is 6. The minimum Gasteiger partial charge on any atom is -0.310 e. The Morgan fingerprint density at radius 3 is 1.45 bits per heavy atom. The SMILES string of the molecule is C(=C\c1ccc2c(c1)C1(CCCC1)c1cc(N(c3ccccc3)c3ccccc3)ccc1-2)/c1ccc(-c2ccc3cc(-c4ccccc4)c(-c4ccccc4)cc3c2)cc1. The lowest BCUT2D eigenvalue weighted by Gasteiger charge is -2.30. The maximum absolute atomic E-state index is 2.50. The van der Waals surface area contributed by atoms with Crippen molar-refractivity contribution in [1.82, 2.24) is 0 Å². The lowest BCUT2D eigenvalue weighted by Crippen LogP contribution is -2.21. The summed E-state index contributed by atoms with van der Waals surface area (Å²) < 4.78 is 0. The first-order chi connectivity index (χ1) is 29.7. The monoisotopic (exact) mass is 767 g/mol. The van der Waals surface area contributed by atoms with Crippen LogP contribution >= 0.6 is 0 Å². The predicted octanol–water partition coefficient (Wildman–Crippen LogP) is 16.3. The van der Waals surface area contributed by atoms with E-state index in [9.17, 15) is 0 Å². The molecule has 0 radical (unpaired) electrons. The molecule has 0 saturated heterocycles. The van der Waals surface area contributed by atoms with Crippen LogP contribution in [0.1, 0.15) is 47.9 Å². The van der Waals surface area contributed by atoms with Gasteiger partial charge >= 0.3 is 0 Å². The van der Waals surface area contributed by atoms with Gasteiger partial charge in [-0.1, -0.05) is 183 Å². The van der Waals surface area contributed by atoms with Crippen molar-refractivity contribution in [2.75, 3.05) is 4.90 Å². The molecular weight excluding hydrogens is 723 g/mol. The average Bonchev–Trinajstić information content (AvgIpc) is 3.92. The molecule has 1 saturated carbocycles. The lowest BCUT2D eigenvalue weighted by atomic mass is 9.76. The molecule has 0 aliphatic heterocycles. The molecule has 60 heavy (non-hydrogen) atoms. The highest BCUT2D eigenvalue weighted by Gasteiger charge is 2.45. The van der Waals surface area contributed by atoms with Gasteiger partial charge in [-0.25, -0.2) is 0 Å². The molecule has 11 rings (SSSR count). The topological polar surface area (TPSA) is 3.24 Å². The average molecular weight is 768 g/mol. The first-order valence-corrected chi connectivity index (χ1v) is 21.4. The first-order valence-electron chi connectivity index (χ1n) is 21.4. The summed E-state index contributed by atoms with van der Waals surface area (Å²) in [6.07, 6.45) is 9.47. The molecule has 286 valence electrons. The maximum Gasteiger partial charge on any atom is 0.0465 e. The minimum absolute atomic E-state index is 0.0516. The number of nitrogens with zero attached hydrogens (tertiary/aromatic N) is 1. The van der Waals surface area contributed by atoms with E-state index in [4.69, 9.17) is 0 Å². The van der Waals surface area contributed by atoms with Crippen molar-refractivity contribution in [2.24, 2.45) is 0 Å². The highest BCUT2D eigenvalue weighted by molar-refractivity contribution is 5.98. The summed E-state index contributed by atoms with van der Waals surface area (Å²) in [5.74, 6) is 0. The van der Waals surface area contributed by atoms with Crippen molar-refractivity contribution in [2.45, 2.75) is 31.1 Å². The highest BCUT2D eigenvalue weighted by atomic mass is 15.1. The van der Waals surface area contributed by atoms with E-state index in [1.54, 1.807) is 0 Å². The summed E-state index contributed by atoms with van der Waals surface area (Å²) in [6, 6.07) is 78.0. The molecule has 0 N–H and O–H groups in total. The second-order valence-electron chi connectivity index (χ2n) is 16.5. The Hall–Kier alpha value is -7.22. The van der Waals surface area contributed by atoms with Crippen molar-refractivity contribution in [3.05, 3.63) is 235 Å². The third kappa shape index (κ3) is 6.44. The second-order valence-corrected chi connectivity index (χ2v) is 16.5. The van der Waals surface area contributed by atoms with Gasteiger partial charge in [-0.15, -0.1) is 0 Å². The van der Waals surface area contributed by atoms with E-state index in [0.717, 1.165) is 0 Å². The molecule has 0 amide bonds. The molecule has 9 aromatic rings. The normalized spacial score (nSPS) is 13.8. The molecular formula is C59H45N. The van der Waals surface area contributed by atoms with E-state index < -0.39 is 0 Å². The van der Waals surface area contributed by atoms with E-state index in [1.165, 1.54) is 120 Å². The van der Waals surface area contributed by atoms with Crippen molar-refractivity contribution in [3.63, 3.8) is 0 Å². The Morgan fingerprint density at radius 2 is 0.833 bits per heavy atom. The summed E-state index contributed by atoms with van der Waals surface area (Å²) in [7, 11) is 0. The van der Waals surface area contributed by atoms with Crippen LogP contribution in [-0.4, -0.2) is 0 Å². The van der Waals surface area contributed by atoms with Crippen molar-refractivity contribution in [3.8, 4) is 44.5 Å². The third-order valence-corrected chi connectivity index (χ3v) is 13.0. The van der Waals surface area contributed by atoms with E-state index in [1.807, 2.05) is 0 Å². The lowest BCUT2D eigenvalue weighted by molar-refractivity contribution is 0.550. The van der Waals surface area contributed by atoms with Gasteiger partial charge in [0.25, 0.3) is 0 Å². The number of hydrogen-bond acceptors (Lipinski definition) is 1. The molecule has 1 spiro atoms. The highest BCUT2D eigenvalue weighted by Crippen LogP contribution is 2.58. The molecule has 0 heterocycles. The smallest absolute Gasteiger partial charge is 0.0465 e. The summed E-state index contributed by atoms with van der Waals surface area (Å²) >= 11 is 0. The van der Waals surface area contributed by atoms with Crippen molar-refractivity contribution in [1.29, 1.82) is 0 Å². The fourth-order valence-corrected chi connectivity index (χ4v) is 10.0. The Bertz CT molecular complexity index is 2960. The van der Waals surface area contributed by atoms with Gasteiger partial charge in [0.2, 0.25) is 0 Å². The molecule has 9 aromatic carbocycles. The molecule has 1 fully saturated rings. The number of para-hydroxylation sites is 2. The molecule has 0 aromatic heterocycles. The van der Waals surface area contributed by atoms with Crippen molar-refractivity contribution >= 4 is 40.0 Å². The molecule has 2 aliphatic rings. The zero-order valence-electron chi connectivity index (χ0n) is 33.6. The Morgan fingerprint density at radius 1 is 0.333 bits per heavy atom. The zero-order valence-corrected chi connectivity index (χ0v) is 33.6. The van der Waals surface area contributed by atoms with Gasteiger partial charge in [0.1, 0.15) is 0 Å². The van der Waals surface area contributed by atoms with Gasteiger partial charge in [0, 0.05) is 22.5 Å². The Balaban J connectivity index is 0.880. The molecule has 0 atom stereocenters. The molecule has 0 unspecified atom stereocenters. The van der Waals surface area contributed by atoms with E-state index in [0.29, 0.717) is 0 Å². The van der Waals surface area contributed by atoms with Crippen LogP contribution in [0.25, 0.3) is 67.4 Å². The van der Waals surface area contributed by atoms with Crippen LogP contribution in [0.3, 0.4) is 0 Å². The van der Waals surface area contributed by atoms with Crippen LogP contribution in [0.5, 0.6) is 0 Å². The number of anilines is 3. The number of hydrogen-bond donors (Lipinski definition) is 0.